The molecular formula is C55H94N4O10S. The molecule has 0 aliphatic heterocycles. The molecule has 1 aromatic carbocycles. The molecule has 2 amide bonds. The Morgan fingerprint density at radius 2 is 1.01 bits per heavy atom. The number of carbonyl (C=O) groups excluding carboxylic acids is 4. The first-order valence-corrected chi connectivity index (χ1v) is 26.2. The van der Waals surface area contributed by atoms with Gasteiger partial charge in [-0.15, -0.1) is 0 Å². The fourth-order valence-electron chi connectivity index (χ4n) is 10.9. The summed E-state index contributed by atoms with van der Waals surface area (Å²) >= 11 is 0. The lowest BCUT2D eigenvalue weighted by molar-refractivity contribution is -0.190. The van der Waals surface area contributed by atoms with Gasteiger partial charge in [0.25, 0.3) is 0 Å². The Bertz CT molecular complexity index is 2220. The first-order chi connectivity index (χ1) is 31.0. The number of nitrogens with two attached hydrogens (primary N) is 1. The number of esters is 2. The quantitative estimate of drug-likeness (QED) is 0.0562. The number of ether oxygens (including phenoxy) is 2. The maximum absolute atomic E-state index is 15.6. The summed E-state index contributed by atoms with van der Waals surface area (Å²) in [4.78, 5) is 70.1. The van der Waals surface area contributed by atoms with E-state index in [2.05, 4.69) is 10.6 Å². The zero-order valence-corrected chi connectivity index (χ0v) is 48.3. The van der Waals surface area contributed by atoms with Gasteiger partial charge in [-0.3, -0.25) is 24.0 Å². The van der Waals surface area contributed by atoms with E-state index in [4.69, 9.17) is 19.9 Å². The molecule has 0 radical (unpaired) electrons. The number of nitriles is 1. The first kappa shape index (κ1) is 64.0. The van der Waals surface area contributed by atoms with Gasteiger partial charge in [-0.25, -0.2) is 13.6 Å². The SMILES string of the molecule is CCOC(=O)C(C)(CC(C)(C)C(C)(C)C(C)(CC(C)(C)C)C(=O)O)C(C)(C)C(C)(C)CC(C)(C(=O)Nc1ccc(S(N)(=O)=O)cc1)C(C)(C)C(C)(C)CC(C)(C(=O)OCCNC(=O)CC#N)C(C)(C)C. The summed E-state index contributed by atoms with van der Waals surface area (Å²) in [5, 5.41) is 31.0. The number of anilines is 1. The summed E-state index contributed by atoms with van der Waals surface area (Å²) < 4.78 is 36.2. The number of primary sulfonamides is 1. The number of aliphatic carboxylic acids is 1. The van der Waals surface area contributed by atoms with Crippen LogP contribution < -0.4 is 15.8 Å². The van der Waals surface area contributed by atoms with E-state index in [1.54, 1.807) is 19.9 Å². The first-order valence-electron chi connectivity index (χ1n) is 24.6. The smallest absolute Gasteiger partial charge is 0.312 e. The number of carboxylic acids is 1. The normalized spacial score (nSPS) is 17.1. The van der Waals surface area contributed by atoms with Gasteiger partial charge < -0.3 is 25.2 Å². The summed E-state index contributed by atoms with van der Waals surface area (Å²) in [5.74, 6) is -2.70. The minimum atomic E-state index is -4.03. The molecule has 1 rings (SSSR count). The molecule has 0 saturated heterocycles. The molecule has 70 heavy (non-hydrogen) atoms. The Hall–Kier alpha value is -4.03. The van der Waals surface area contributed by atoms with Crippen molar-refractivity contribution in [3.8, 4) is 6.07 Å². The number of hydrogen-bond donors (Lipinski definition) is 4. The fourth-order valence-corrected chi connectivity index (χ4v) is 11.4. The van der Waals surface area contributed by atoms with E-state index in [-0.39, 0.29) is 61.7 Å². The molecule has 15 heteroatoms. The van der Waals surface area contributed by atoms with Crippen LogP contribution in [0.2, 0.25) is 0 Å². The minimum absolute atomic E-state index is 0.0256. The Morgan fingerprint density at radius 3 is 1.40 bits per heavy atom. The van der Waals surface area contributed by atoms with Crippen molar-refractivity contribution in [2.45, 2.75) is 196 Å². The molecule has 5 N–H and O–H groups in total. The van der Waals surface area contributed by atoms with E-state index < -0.39 is 93.4 Å². The number of hydrogen-bond acceptors (Lipinski definition) is 10. The van der Waals surface area contributed by atoms with Crippen LogP contribution in [-0.4, -0.2) is 63.0 Å². The highest BCUT2D eigenvalue weighted by Gasteiger charge is 2.66. The van der Waals surface area contributed by atoms with Crippen molar-refractivity contribution in [2.24, 2.45) is 70.1 Å². The fraction of sp³-hybridized carbons (Fsp3) is 0.782. The average molecular weight is 1000 g/mol. The van der Waals surface area contributed by atoms with Crippen LogP contribution in [-0.2, 0) is 43.5 Å². The van der Waals surface area contributed by atoms with Crippen molar-refractivity contribution < 1.29 is 47.0 Å². The predicted molar refractivity (Wildman–Crippen MR) is 277 cm³/mol. The van der Waals surface area contributed by atoms with Crippen molar-refractivity contribution in [1.29, 1.82) is 5.26 Å². The lowest BCUT2D eigenvalue weighted by Gasteiger charge is -2.62. The van der Waals surface area contributed by atoms with E-state index in [0.717, 1.165) is 0 Å². The molecule has 14 nitrogen and oxygen atoms in total. The molecule has 4 atom stereocenters. The molecule has 0 aliphatic carbocycles. The van der Waals surface area contributed by atoms with Crippen LogP contribution >= 0.6 is 0 Å². The van der Waals surface area contributed by atoms with Gasteiger partial charge in [-0.2, -0.15) is 5.26 Å². The number of carbonyl (C=O) groups is 5. The topological polar surface area (TPSA) is 232 Å². The van der Waals surface area contributed by atoms with Crippen LogP contribution in [0.1, 0.15) is 191 Å². The van der Waals surface area contributed by atoms with Crippen molar-refractivity contribution in [3.63, 3.8) is 0 Å². The molecule has 0 aromatic heterocycles. The monoisotopic (exact) mass is 1000 g/mol. The Morgan fingerprint density at radius 1 is 0.614 bits per heavy atom. The zero-order chi connectivity index (χ0) is 55.6. The molecule has 4 unspecified atom stereocenters. The van der Waals surface area contributed by atoms with E-state index in [1.807, 2.05) is 145 Å². The standard InChI is InChI=1S/C55H94N4O10S/c1-24-68-43(65)55(23,36-48(12,13)50(16,17)53(21,41(62)63)33-44(2,3)4)51(18,19)46(8,9)34-52(20,40(61)59-37-25-27-38(28-26-37)70(57,66)67)49(14,15)47(10,11)35-54(22,45(5,6)7)42(64)69-32-31-58-39(60)29-30-56/h25-28H,24,29,31-36H2,1-23H3,(H,58,60)(H,59,61)(H,62,63)(H2,57,66,67). The van der Waals surface area contributed by atoms with Crippen molar-refractivity contribution in [2.75, 3.05) is 25.1 Å². The third-order valence-corrected chi connectivity index (χ3v) is 19.6. The number of sulfonamides is 1. The number of benzene rings is 1. The van der Waals surface area contributed by atoms with Crippen molar-refractivity contribution in [1.82, 2.24) is 5.32 Å². The predicted octanol–water partition coefficient (Wildman–Crippen LogP) is 11.3. The maximum Gasteiger partial charge on any atom is 0.312 e. The van der Waals surface area contributed by atoms with Crippen LogP contribution in [0.4, 0.5) is 5.69 Å². The van der Waals surface area contributed by atoms with Gasteiger partial charge in [0.05, 0.1) is 45.8 Å². The van der Waals surface area contributed by atoms with E-state index in [0.29, 0.717) is 12.1 Å². The highest BCUT2D eigenvalue weighted by molar-refractivity contribution is 7.89. The Kier molecular flexibility index (Phi) is 19.4. The second kappa shape index (κ2) is 21.2. The van der Waals surface area contributed by atoms with Gasteiger partial charge in [0.15, 0.2) is 0 Å². The van der Waals surface area contributed by atoms with E-state index >= 15 is 4.79 Å². The Balaban J connectivity index is 4.28. The summed E-state index contributed by atoms with van der Waals surface area (Å²) in [7, 11) is -4.03. The van der Waals surface area contributed by atoms with E-state index in [9.17, 15) is 32.7 Å². The van der Waals surface area contributed by atoms with Gasteiger partial charge in [0, 0.05) is 5.69 Å². The molecule has 0 saturated carbocycles. The molecule has 0 heterocycles. The van der Waals surface area contributed by atoms with Crippen LogP contribution in [0.25, 0.3) is 0 Å². The number of nitrogens with zero attached hydrogens (tertiary/aromatic N) is 1. The molecule has 1 aromatic rings. The summed E-state index contributed by atoms with van der Waals surface area (Å²) in [6.07, 6.45) is 0.719. The lowest BCUT2D eigenvalue weighted by Crippen LogP contribution is -2.60. The number of amides is 2. The molecule has 0 spiro atoms. The van der Waals surface area contributed by atoms with E-state index in [1.165, 1.54) is 24.3 Å². The molecule has 0 fully saturated rings. The van der Waals surface area contributed by atoms with Crippen molar-refractivity contribution >= 4 is 45.4 Å². The third-order valence-electron chi connectivity index (χ3n) is 18.6. The second-order valence-corrected chi connectivity index (χ2v) is 28.3. The third kappa shape index (κ3) is 12.9. The summed E-state index contributed by atoms with van der Waals surface area (Å²) in [6.45, 7) is 45.4. The summed E-state index contributed by atoms with van der Waals surface area (Å²) in [6, 6.07) is 7.40. The maximum atomic E-state index is 15.6. The molecule has 0 bridgehead atoms. The lowest BCUT2D eigenvalue weighted by atomic mass is 9.41. The zero-order valence-electron chi connectivity index (χ0n) is 47.5. The number of nitrogens with one attached hydrogen (secondary N) is 2. The minimum Gasteiger partial charge on any atom is -0.481 e. The highest BCUT2D eigenvalue weighted by atomic mass is 32.2. The summed E-state index contributed by atoms with van der Waals surface area (Å²) in [5.41, 5.74) is -11.0. The molecule has 400 valence electrons. The second-order valence-electron chi connectivity index (χ2n) is 26.7. The molecular weight excluding hydrogens is 909 g/mol. The Labute approximate surface area is 423 Å². The van der Waals surface area contributed by atoms with Gasteiger partial charge in [0.1, 0.15) is 13.0 Å². The largest absolute Gasteiger partial charge is 0.481 e. The number of carboxylic acid groups (broad SMARTS) is 1. The van der Waals surface area contributed by atoms with Crippen LogP contribution in [0.3, 0.4) is 0 Å². The number of rotatable bonds is 24. The van der Waals surface area contributed by atoms with Crippen LogP contribution in [0.15, 0.2) is 29.2 Å². The van der Waals surface area contributed by atoms with Crippen LogP contribution in [0.5, 0.6) is 0 Å². The molecule has 0 aliphatic rings. The van der Waals surface area contributed by atoms with Crippen LogP contribution in [0, 0.1) is 76.3 Å². The van der Waals surface area contributed by atoms with Gasteiger partial charge >= 0.3 is 17.9 Å². The van der Waals surface area contributed by atoms with Gasteiger partial charge in [0.2, 0.25) is 21.8 Å². The van der Waals surface area contributed by atoms with Gasteiger partial charge in [-0.05, 0) is 121 Å². The van der Waals surface area contributed by atoms with Gasteiger partial charge in [-0.1, -0.05) is 132 Å². The highest BCUT2D eigenvalue weighted by Crippen LogP contribution is 2.68. The average Bonchev–Trinajstić information content (AvgIpc) is 3.17. The van der Waals surface area contributed by atoms with Crippen molar-refractivity contribution in [3.05, 3.63) is 24.3 Å².